The molecule has 1 fully saturated rings. The van der Waals surface area contributed by atoms with Crippen LogP contribution in [0.4, 0.5) is 5.82 Å². The number of fused-ring (bicyclic) bond motifs is 1. The summed E-state index contributed by atoms with van der Waals surface area (Å²) in [7, 11) is 0. The van der Waals surface area contributed by atoms with Crippen LogP contribution in [-0.4, -0.2) is 66.0 Å². The Labute approximate surface area is 154 Å². The maximum Gasteiger partial charge on any atom is 0.348 e. The predicted molar refractivity (Wildman–Crippen MR) is 101 cm³/mol. The molecule has 0 radical (unpaired) electrons. The molecule has 1 saturated heterocycles. The van der Waals surface area contributed by atoms with Gasteiger partial charge in [-0.3, -0.25) is 4.90 Å². The lowest BCUT2D eigenvalue weighted by Crippen LogP contribution is -2.37. The summed E-state index contributed by atoms with van der Waals surface area (Å²) in [6.45, 7) is 8.48. The summed E-state index contributed by atoms with van der Waals surface area (Å²) in [6, 6.07) is 0. The summed E-state index contributed by atoms with van der Waals surface area (Å²) < 4.78 is 10.5. The van der Waals surface area contributed by atoms with Gasteiger partial charge in [-0.2, -0.15) is 0 Å². The molecular formula is C16H22N4O3S2. The molecule has 0 amide bonds. The van der Waals surface area contributed by atoms with Crippen LogP contribution in [0.1, 0.15) is 22.2 Å². The maximum absolute atomic E-state index is 12.1. The molecule has 2 aromatic rings. The van der Waals surface area contributed by atoms with Gasteiger partial charge in [-0.1, -0.05) is 11.8 Å². The van der Waals surface area contributed by atoms with Crippen molar-refractivity contribution in [1.82, 2.24) is 14.9 Å². The molecule has 25 heavy (non-hydrogen) atoms. The molecule has 0 atom stereocenters. The summed E-state index contributed by atoms with van der Waals surface area (Å²) in [4.78, 5) is 24.7. The minimum absolute atomic E-state index is 0.330. The van der Waals surface area contributed by atoms with E-state index in [-0.39, 0.29) is 5.97 Å². The van der Waals surface area contributed by atoms with Crippen molar-refractivity contribution in [3.05, 3.63) is 10.4 Å². The van der Waals surface area contributed by atoms with Crippen molar-refractivity contribution in [3.8, 4) is 0 Å². The first-order valence-electron chi connectivity index (χ1n) is 8.26. The summed E-state index contributed by atoms with van der Waals surface area (Å²) in [6.07, 6.45) is 0. The summed E-state index contributed by atoms with van der Waals surface area (Å²) in [5, 5.41) is 1.40. The molecule has 0 unspecified atom stereocenters. The second-order valence-corrected chi connectivity index (χ2v) is 7.71. The fourth-order valence-corrected chi connectivity index (χ4v) is 4.69. The number of nitrogen functional groups attached to an aromatic ring is 1. The highest BCUT2D eigenvalue weighted by molar-refractivity contribution is 7.99. The molecule has 0 bridgehead atoms. The van der Waals surface area contributed by atoms with Gasteiger partial charge >= 0.3 is 5.97 Å². The molecule has 0 aromatic carbocycles. The number of ether oxygens (including phenoxy) is 2. The number of hydrogen-bond donors (Lipinski definition) is 1. The van der Waals surface area contributed by atoms with E-state index in [2.05, 4.69) is 14.9 Å². The lowest BCUT2D eigenvalue weighted by Gasteiger charge is -2.26. The highest BCUT2D eigenvalue weighted by atomic mass is 32.2. The van der Waals surface area contributed by atoms with Gasteiger partial charge in [-0.15, -0.1) is 11.3 Å². The first-order chi connectivity index (χ1) is 12.1. The van der Waals surface area contributed by atoms with Crippen molar-refractivity contribution in [3.63, 3.8) is 0 Å². The number of carbonyl (C=O) groups is 1. The standard InChI is InChI=1S/C16H22N4O3S2/c1-3-23-15(21)12-10(2)11-13(17)18-16(19-14(11)25-12)24-9-6-20-4-7-22-8-5-20/h3-9H2,1-2H3,(H2,17,18,19). The molecule has 136 valence electrons. The predicted octanol–water partition coefficient (Wildman–Crippen LogP) is 2.18. The summed E-state index contributed by atoms with van der Waals surface area (Å²) in [5.74, 6) is 0.979. The van der Waals surface area contributed by atoms with Crippen LogP contribution in [0, 0.1) is 6.92 Å². The Kier molecular flexibility index (Phi) is 6.10. The lowest BCUT2D eigenvalue weighted by molar-refractivity contribution is 0.0410. The Hall–Kier alpha value is -1.42. The second-order valence-electron chi connectivity index (χ2n) is 5.65. The minimum Gasteiger partial charge on any atom is -0.462 e. The van der Waals surface area contributed by atoms with E-state index in [1.807, 2.05) is 6.92 Å². The monoisotopic (exact) mass is 382 g/mol. The van der Waals surface area contributed by atoms with Crippen LogP contribution in [0.15, 0.2) is 5.16 Å². The highest BCUT2D eigenvalue weighted by Gasteiger charge is 2.20. The van der Waals surface area contributed by atoms with Gasteiger partial charge in [0.1, 0.15) is 15.5 Å². The van der Waals surface area contributed by atoms with Gasteiger partial charge in [0.15, 0.2) is 5.16 Å². The number of thiophene rings is 1. The Morgan fingerprint density at radius 2 is 2.16 bits per heavy atom. The molecule has 2 N–H and O–H groups in total. The van der Waals surface area contributed by atoms with Crippen LogP contribution < -0.4 is 5.73 Å². The Bertz CT molecular complexity index is 759. The Morgan fingerprint density at radius 3 is 2.88 bits per heavy atom. The van der Waals surface area contributed by atoms with Gasteiger partial charge in [0.2, 0.25) is 0 Å². The number of carbonyl (C=O) groups excluding carboxylic acids is 1. The number of aromatic nitrogens is 2. The number of morpholine rings is 1. The SMILES string of the molecule is CCOC(=O)c1sc2nc(SCCN3CCOCC3)nc(N)c2c1C. The summed E-state index contributed by atoms with van der Waals surface area (Å²) >= 11 is 2.90. The van der Waals surface area contributed by atoms with E-state index < -0.39 is 0 Å². The maximum atomic E-state index is 12.1. The van der Waals surface area contributed by atoms with Crippen LogP contribution >= 0.6 is 23.1 Å². The second kappa shape index (κ2) is 8.31. The zero-order chi connectivity index (χ0) is 17.8. The summed E-state index contributed by atoms with van der Waals surface area (Å²) in [5.41, 5.74) is 6.92. The van der Waals surface area contributed by atoms with Crippen molar-refractivity contribution in [1.29, 1.82) is 0 Å². The molecule has 9 heteroatoms. The first-order valence-corrected chi connectivity index (χ1v) is 10.1. The first kappa shape index (κ1) is 18.4. The Morgan fingerprint density at radius 1 is 1.40 bits per heavy atom. The molecule has 1 aliphatic rings. The quantitative estimate of drug-likeness (QED) is 0.462. The zero-order valence-corrected chi connectivity index (χ0v) is 16.0. The molecule has 3 rings (SSSR count). The molecule has 0 saturated carbocycles. The fraction of sp³-hybridized carbons (Fsp3) is 0.562. The smallest absolute Gasteiger partial charge is 0.348 e. The van der Waals surface area contributed by atoms with E-state index in [1.54, 1.807) is 18.7 Å². The average molecular weight is 383 g/mol. The third-order valence-corrected chi connectivity index (χ3v) is 5.99. The molecule has 0 spiro atoms. The number of aryl methyl sites for hydroxylation is 1. The van der Waals surface area contributed by atoms with Gasteiger partial charge < -0.3 is 15.2 Å². The van der Waals surface area contributed by atoms with Crippen molar-refractivity contribution in [2.45, 2.75) is 19.0 Å². The molecule has 1 aliphatic heterocycles. The van der Waals surface area contributed by atoms with Crippen LogP contribution in [0.2, 0.25) is 0 Å². The number of thioether (sulfide) groups is 1. The number of esters is 1. The van der Waals surface area contributed by atoms with E-state index in [0.29, 0.717) is 22.5 Å². The van der Waals surface area contributed by atoms with E-state index >= 15 is 0 Å². The van der Waals surface area contributed by atoms with E-state index in [0.717, 1.165) is 54.4 Å². The molecule has 0 aliphatic carbocycles. The third-order valence-electron chi connectivity index (χ3n) is 4.00. The van der Waals surface area contributed by atoms with E-state index in [9.17, 15) is 4.79 Å². The number of rotatable bonds is 6. The third kappa shape index (κ3) is 4.22. The highest BCUT2D eigenvalue weighted by Crippen LogP contribution is 2.34. The van der Waals surface area contributed by atoms with Crippen LogP contribution in [-0.2, 0) is 9.47 Å². The van der Waals surface area contributed by atoms with Gasteiger partial charge in [-0.25, -0.2) is 14.8 Å². The average Bonchev–Trinajstić information content (AvgIpc) is 2.93. The Balaban J connectivity index is 1.73. The van der Waals surface area contributed by atoms with Crippen LogP contribution in [0.25, 0.3) is 10.2 Å². The number of anilines is 1. The van der Waals surface area contributed by atoms with Crippen LogP contribution in [0.3, 0.4) is 0 Å². The topological polar surface area (TPSA) is 90.6 Å². The number of nitrogens with two attached hydrogens (primary N) is 1. The lowest BCUT2D eigenvalue weighted by atomic mass is 10.2. The van der Waals surface area contributed by atoms with Gasteiger partial charge in [0.25, 0.3) is 0 Å². The van der Waals surface area contributed by atoms with Crippen molar-refractivity contribution >= 4 is 45.1 Å². The van der Waals surface area contributed by atoms with E-state index in [4.69, 9.17) is 15.2 Å². The van der Waals surface area contributed by atoms with Crippen molar-refractivity contribution in [2.24, 2.45) is 0 Å². The normalized spacial score (nSPS) is 15.6. The molecule has 7 nitrogen and oxygen atoms in total. The van der Waals surface area contributed by atoms with E-state index in [1.165, 1.54) is 11.3 Å². The molecule has 2 aromatic heterocycles. The van der Waals surface area contributed by atoms with Gasteiger partial charge in [0, 0.05) is 25.4 Å². The van der Waals surface area contributed by atoms with Gasteiger partial charge in [0.05, 0.1) is 25.2 Å². The number of hydrogen-bond acceptors (Lipinski definition) is 9. The van der Waals surface area contributed by atoms with Gasteiger partial charge in [-0.05, 0) is 19.4 Å². The fourth-order valence-electron chi connectivity index (χ4n) is 2.70. The molecule has 3 heterocycles. The van der Waals surface area contributed by atoms with Crippen molar-refractivity contribution in [2.75, 3.05) is 50.9 Å². The minimum atomic E-state index is -0.330. The largest absolute Gasteiger partial charge is 0.462 e. The zero-order valence-electron chi connectivity index (χ0n) is 14.4. The molecular weight excluding hydrogens is 360 g/mol. The number of nitrogens with zero attached hydrogens (tertiary/aromatic N) is 3. The van der Waals surface area contributed by atoms with Crippen molar-refractivity contribution < 1.29 is 14.3 Å². The van der Waals surface area contributed by atoms with Crippen LogP contribution in [0.5, 0.6) is 0 Å².